The van der Waals surface area contributed by atoms with E-state index in [1.807, 2.05) is 11.3 Å². The fourth-order valence-corrected chi connectivity index (χ4v) is 3.19. The summed E-state index contributed by atoms with van der Waals surface area (Å²) in [6, 6.07) is 17.2. The van der Waals surface area contributed by atoms with E-state index in [2.05, 4.69) is 55.5 Å². The van der Waals surface area contributed by atoms with E-state index in [1.165, 1.54) is 25.7 Å². The minimum atomic E-state index is -4.94. The molecule has 0 bridgehead atoms. The van der Waals surface area contributed by atoms with Crippen molar-refractivity contribution in [2.24, 2.45) is 0 Å². The summed E-state index contributed by atoms with van der Waals surface area (Å²) in [6.07, 6.45) is 0. The van der Waals surface area contributed by atoms with Crippen molar-refractivity contribution in [2.45, 2.75) is 6.92 Å². The average molecular weight is 311 g/mol. The highest BCUT2D eigenvalue weighted by molar-refractivity contribution is 7.24. The predicted molar refractivity (Wildman–Crippen MR) is 68.5 cm³/mol. The van der Waals surface area contributed by atoms with Gasteiger partial charge in [0.15, 0.2) is 0 Å². The maximum Gasteiger partial charge on any atom is 0.239 e. The van der Waals surface area contributed by atoms with E-state index in [0.29, 0.717) is 0 Å². The van der Waals surface area contributed by atoms with E-state index >= 15 is 0 Å². The van der Waals surface area contributed by atoms with Crippen LogP contribution in [0.15, 0.2) is 48.5 Å². The number of aryl methyl sites for hydroxylation is 1. The molecule has 0 amide bonds. The summed E-state index contributed by atoms with van der Waals surface area (Å²) in [7, 11) is -4.94. The number of hydrogen-bond donors (Lipinski definition) is 0. The average Bonchev–Trinajstić information content (AvgIpc) is 2.37. The lowest BCUT2D eigenvalue weighted by Crippen LogP contribution is -2.68. The second-order valence-corrected chi connectivity index (χ2v) is 5.94. The van der Waals surface area contributed by atoms with Gasteiger partial charge < -0.3 is 0 Å². The molecule has 6 heteroatoms. The second kappa shape index (κ2) is 5.97. The fourth-order valence-electron chi connectivity index (χ4n) is 1.99. The quantitative estimate of drug-likeness (QED) is 0.428. The molecule has 1 heterocycles. The van der Waals surface area contributed by atoms with Crippen LogP contribution in [0.5, 0.6) is 0 Å². The van der Waals surface area contributed by atoms with Crippen LogP contribution in [0.25, 0.3) is 20.2 Å². The molecule has 0 saturated carbocycles. The third-order valence-corrected chi connectivity index (χ3v) is 3.95. The van der Waals surface area contributed by atoms with E-state index in [4.69, 9.17) is 18.6 Å². The van der Waals surface area contributed by atoms with Crippen molar-refractivity contribution in [3.8, 4) is 0 Å². The largest absolute Gasteiger partial charge is 0.239 e. The lowest BCUT2D eigenvalue weighted by Gasteiger charge is -2.17. The molecule has 0 unspecified atom stereocenters. The molecule has 3 rings (SSSR count). The van der Waals surface area contributed by atoms with Crippen molar-refractivity contribution in [1.82, 2.24) is 0 Å². The van der Waals surface area contributed by atoms with Crippen LogP contribution in [-0.2, 0) is 0 Å². The van der Waals surface area contributed by atoms with Crippen molar-refractivity contribution in [3.63, 3.8) is 0 Å². The van der Waals surface area contributed by atoms with Crippen LogP contribution >= 0.6 is 11.3 Å². The SMILES string of the molecule is Cc1c2ccccc2[s+]c2ccccc12.[O-][Cl+3]([O-])([O-])[O-]. The van der Waals surface area contributed by atoms with E-state index < -0.39 is 10.2 Å². The van der Waals surface area contributed by atoms with Crippen molar-refractivity contribution in [2.75, 3.05) is 0 Å². The normalized spacial score (nSPS) is 11.2. The van der Waals surface area contributed by atoms with Gasteiger partial charge in [-0.15, -0.1) is 10.2 Å². The summed E-state index contributed by atoms with van der Waals surface area (Å²) in [4.78, 5) is 0. The van der Waals surface area contributed by atoms with E-state index in [0.717, 1.165) is 0 Å². The molecule has 20 heavy (non-hydrogen) atoms. The number of rotatable bonds is 0. The van der Waals surface area contributed by atoms with Gasteiger partial charge >= 0.3 is 0 Å². The molecule has 4 nitrogen and oxygen atoms in total. The van der Waals surface area contributed by atoms with Gasteiger partial charge in [-0.3, -0.25) is 0 Å². The Bertz CT molecular complexity index is 680. The molecule has 2 aromatic carbocycles. The zero-order valence-corrected chi connectivity index (χ0v) is 12.1. The van der Waals surface area contributed by atoms with Gasteiger partial charge in [0.2, 0.25) is 20.7 Å². The van der Waals surface area contributed by atoms with Crippen LogP contribution in [0.3, 0.4) is 0 Å². The highest BCUT2D eigenvalue weighted by atomic mass is 35.7. The highest BCUT2D eigenvalue weighted by Gasteiger charge is 2.12. The fraction of sp³-hybridized carbons (Fsp3) is 0.0714. The molecule has 104 valence electrons. The maximum atomic E-state index is 8.49. The first-order valence-corrected chi connectivity index (χ1v) is 7.73. The Kier molecular flexibility index (Phi) is 4.49. The first kappa shape index (κ1) is 15.1. The summed E-state index contributed by atoms with van der Waals surface area (Å²) in [5, 5.41) is 2.75. The van der Waals surface area contributed by atoms with Gasteiger partial charge in [-0.2, -0.15) is 0 Å². The van der Waals surface area contributed by atoms with Crippen LogP contribution in [0, 0.1) is 17.2 Å². The molecule has 3 aromatic rings. The number of benzene rings is 2. The van der Waals surface area contributed by atoms with Crippen molar-refractivity contribution >= 4 is 31.5 Å². The Morgan fingerprint density at radius 2 is 1.10 bits per heavy atom. The van der Waals surface area contributed by atoms with Gasteiger partial charge in [-0.05, 0) is 24.6 Å². The molecule has 0 fully saturated rings. The summed E-state index contributed by atoms with van der Waals surface area (Å²) < 4.78 is 36.7. The van der Waals surface area contributed by atoms with Crippen molar-refractivity contribution in [3.05, 3.63) is 54.1 Å². The minimum Gasteiger partial charge on any atom is -0.222 e. The monoisotopic (exact) mass is 310 g/mol. The number of halogens is 1. The standard InChI is InChI=1S/C14H11S.ClHO4/c1-10-11-6-2-4-8-13(11)15-14-9-5-3-7-12(10)14;2-1(3,4)5/h2-9H,1H3;(H,2,3,4,5)/q+1;/p-1. The highest BCUT2D eigenvalue weighted by Crippen LogP contribution is 2.31. The van der Waals surface area contributed by atoms with Crippen molar-refractivity contribution in [1.29, 1.82) is 0 Å². The van der Waals surface area contributed by atoms with Crippen molar-refractivity contribution < 1.29 is 28.9 Å². The van der Waals surface area contributed by atoms with Gasteiger partial charge in [0.05, 0.1) is 0 Å². The number of hydrogen-bond acceptors (Lipinski definition) is 4. The molecule has 0 radical (unpaired) electrons. The second-order valence-electron chi connectivity index (χ2n) is 4.10. The Hall–Kier alpha value is -1.34. The predicted octanol–water partition coefficient (Wildman–Crippen LogP) is -0.112. The van der Waals surface area contributed by atoms with Gasteiger partial charge in [0, 0.05) is 22.9 Å². The van der Waals surface area contributed by atoms with Gasteiger partial charge in [0.25, 0.3) is 0 Å². The summed E-state index contributed by atoms with van der Waals surface area (Å²) in [5.74, 6) is 0. The Balaban J connectivity index is 0.000000257. The first-order valence-electron chi connectivity index (χ1n) is 5.68. The minimum absolute atomic E-state index is 1.37. The Morgan fingerprint density at radius 3 is 1.50 bits per heavy atom. The van der Waals surface area contributed by atoms with Gasteiger partial charge in [0.1, 0.15) is 0 Å². The van der Waals surface area contributed by atoms with Gasteiger partial charge in [-0.25, -0.2) is 18.6 Å². The molecule has 0 atom stereocenters. The zero-order valence-electron chi connectivity index (χ0n) is 10.5. The Labute approximate surface area is 121 Å². The molecule has 0 aliphatic carbocycles. The lowest BCUT2D eigenvalue weighted by atomic mass is 10.1. The van der Waals surface area contributed by atoms with Crippen LogP contribution in [0.2, 0.25) is 0 Å². The third kappa shape index (κ3) is 3.83. The van der Waals surface area contributed by atoms with E-state index in [-0.39, 0.29) is 0 Å². The van der Waals surface area contributed by atoms with Gasteiger partial charge in [-0.1, -0.05) is 24.3 Å². The molecule has 0 N–H and O–H groups in total. The van der Waals surface area contributed by atoms with Crippen LogP contribution in [0.4, 0.5) is 0 Å². The maximum absolute atomic E-state index is 8.49. The van der Waals surface area contributed by atoms with Crippen LogP contribution in [0.1, 0.15) is 5.56 Å². The summed E-state index contributed by atoms with van der Waals surface area (Å²) in [5.41, 5.74) is 1.39. The molecule has 0 aliphatic rings. The molecule has 0 aliphatic heterocycles. The third-order valence-electron chi connectivity index (χ3n) is 2.80. The lowest BCUT2D eigenvalue weighted by molar-refractivity contribution is -2.00. The van der Waals surface area contributed by atoms with E-state index in [1.54, 1.807) is 0 Å². The molecular formula is C14H11ClO4S. The smallest absolute Gasteiger partial charge is 0.222 e. The van der Waals surface area contributed by atoms with Crippen LogP contribution < -0.4 is 18.6 Å². The zero-order chi connectivity index (χ0) is 14.8. The Morgan fingerprint density at radius 1 is 0.750 bits per heavy atom. The summed E-state index contributed by atoms with van der Waals surface area (Å²) in [6.45, 7) is 2.21. The van der Waals surface area contributed by atoms with Crippen LogP contribution in [-0.4, -0.2) is 0 Å². The summed E-state index contributed by atoms with van der Waals surface area (Å²) >= 11 is 1.87. The van der Waals surface area contributed by atoms with E-state index in [9.17, 15) is 0 Å². The molecule has 0 spiro atoms. The topological polar surface area (TPSA) is 92.2 Å². The molecule has 0 saturated heterocycles. The molecular weight excluding hydrogens is 300 g/mol. The number of fused-ring (bicyclic) bond motifs is 2. The first-order chi connectivity index (χ1) is 9.36. The molecule has 1 aromatic heterocycles.